The standard InChI is InChI=1S/C10H14N2O/c1-9(2)6-10(3,11)5-7(12-4)8(9)13/h5H,6,11H2,1-3H3. The smallest absolute Gasteiger partial charge is 0.227 e. The second kappa shape index (κ2) is 2.68. The maximum atomic E-state index is 11.6. The van der Waals surface area contributed by atoms with E-state index in [-0.39, 0.29) is 11.5 Å². The molecule has 0 radical (unpaired) electrons. The highest BCUT2D eigenvalue weighted by atomic mass is 16.1. The number of carbonyl (C=O) groups is 1. The quantitative estimate of drug-likeness (QED) is 0.571. The Bertz CT molecular complexity index is 318. The lowest BCUT2D eigenvalue weighted by molar-refractivity contribution is -0.124. The van der Waals surface area contributed by atoms with Crippen molar-refractivity contribution in [3.05, 3.63) is 23.2 Å². The van der Waals surface area contributed by atoms with E-state index >= 15 is 0 Å². The first-order chi connectivity index (χ1) is 5.78. The molecule has 1 unspecified atom stereocenters. The van der Waals surface area contributed by atoms with Gasteiger partial charge in [-0.3, -0.25) is 0 Å². The first-order valence-electron chi connectivity index (χ1n) is 4.22. The maximum Gasteiger partial charge on any atom is 0.227 e. The summed E-state index contributed by atoms with van der Waals surface area (Å²) in [6.45, 7) is 12.4. The lowest BCUT2D eigenvalue weighted by Gasteiger charge is -2.36. The van der Waals surface area contributed by atoms with Crippen molar-refractivity contribution >= 4 is 5.78 Å². The molecular formula is C10H14N2O. The molecule has 1 aliphatic carbocycles. The Morgan fingerprint density at radius 1 is 1.54 bits per heavy atom. The molecule has 0 saturated carbocycles. The van der Waals surface area contributed by atoms with Gasteiger partial charge in [-0.2, -0.15) is 0 Å². The van der Waals surface area contributed by atoms with Crippen molar-refractivity contribution < 1.29 is 4.79 Å². The Labute approximate surface area is 78.4 Å². The van der Waals surface area contributed by atoms with Crippen LogP contribution >= 0.6 is 0 Å². The highest BCUT2D eigenvalue weighted by Gasteiger charge is 2.40. The molecule has 1 rings (SSSR count). The molecular weight excluding hydrogens is 164 g/mol. The molecule has 0 fully saturated rings. The molecule has 3 nitrogen and oxygen atoms in total. The van der Waals surface area contributed by atoms with Gasteiger partial charge in [-0.25, -0.2) is 4.85 Å². The van der Waals surface area contributed by atoms with Crippen molar-refractivity contribution in [2.45, 2.75) is 32.7 Å². The lowest BCUT2D eigenvalue weighted by Crippen LogP contribution is -2.46. The van der Waals surface area contributed by atoms with Crippen LogP contribution in [0.2, 0.25) is 0 Å². The van der Waals surface area contributed by atoms with Gasteiger partial charge in [0.05, 0.1) is 6.57 Å². The average molecular weight is 178 g/mol. The van der Waals surface area contributed by atoms with Crippen LogP contribution in [0, 0.1) is 12.0 Å². The van der Waals surface area contributed by atoms with Gasteiger partial charge in [0.15, 0.2) is 5.78 Å². The summed E-state index contributed by atoms with van der Waals surface area (Å²) in [4.78, 5) is 14.8. The summed E-state index contributed by atoms with van der Waals surface area (Å²) in [5.74, 6) is -0.0922. The predicted octanol–water partition coefficient (Wildman–Crippen LogP) is 1.51. The number of rotatable bonds is 0. The van der Waals surface area contributed by atoms with E-state index in [0.29, 0.717) is 6.42 Å². The van der Waals surface area contributed by atoms with Crippen molar-refractivity contribution in [3.8, 4) is 0 Å². The SMILES string of the molecule is [C-]#[N+]C1=CC(C)(N)CC(C)(C)C1=O. The molecule has 0 aromatic carbocycles. The summed E-state index contributed by atoms with van der Waals surface area (Å²) in [5.41, 5.74) is 5.06. The third-order valence-corrected chi connectivity index (χ3v) is 2.26. The Balaban J connectivity index is 3.19. The molecule has 0 amide bonds. The van der Waals surface area contributed by atoms with Gasteiger partial charge in [0, 0.05) is 11.0 Å². The van der Waals surface area contributed by atoms with Crippen LogP contribution in [0.3, 0.4) is 0 Å². The molecule has 3 heteroatoms. The summed E-state index contributed by atoms with van der Waals surface area (Å²) in [7, 11) is 0. The minimum atomic E-state index is -0.530. The number of allylic oxidation sites excluding steroid dienone is 1. The van der Waals surface area contributed by atoms with Crippen LogP contribution in [0.5, 0.6) is 0 Å². The molecule has 1 aliphatic rings. The zero-order valence-electron chi connectivity index (χ0n) is 8.22. The van der Waals surface area contributed by atoms with Gasteiger partial charge in [0.1, 0.15) is 0 Å². The van der Waals surface area contributed by atoms with Crippen LogP contribution in [-0.4, -0.2) is 11.3 Å². The summed E-state index contributed by atoms with van der Waals surface area (Å²) in [6.07, 6.45) is 2.17. The van der Waals surface area contributed by atoms with Crippen molar-refractivity contribution in [1.29, 1.82) is 0 Å². The third kappa shape index (κ3) is 1.78. The Morgan fingerprint density at radius 2 is 2.08 bits per heavy atom. The number of nitrogens with two attached hydrogens (primary N) is 1. The molecule has 13 heavy (non-hydrogen) atoms. The fourth-order valence-corrected chi connectivity index (χ4v) is 1.89. The second-order valence-corrected chi connectivity index (χ2v) is 4.54. The summed E-state index contributed by atoms with van der Waals surface area (Å²) < 4.78 is 0. The fourth-order valence-electron chi connectivity index (χ4n) is 1.89. The van der Waals surface area contributed by atoms with Crippen molar-refractivity contribution in [2.75, 3.05) is 0 Å². The highest BCUT2D eigenvalue weighted by Crippen LogP contribution is 2.36. The van der Waals surface area contributed by atoms with Crippen LogP contribution in [0.25, 0.3) is 4.85 Å². The molecule has 2 N–H and O–H groups in total. The molecule has 0 bridgehead atoms. The lowest BCUT2D eigenvalue weighted by atomic mass is 9.71. The zero-order chi connectivity index (χ0) is 10.3. The molecule has 0 spiro atoms. The van der Waals surface area contributed by atoms with E-state index in [1.54, 1.807) is 6.08 Å². The second-order valence-electron chi connectivity index (χ2n) is 4.54. The minimum Gasteiger partial charge on any atom is -0.323 e. The van der Waals surface area contributed by atoms with Gasteiger partial charge in [-0.1, -0.05) is 19.9 Å². The number of ketones is 1. The maximum absolute atomic E-state index is 11.6. The highest BCUT2D eigenvalue weighted by molar-refractivity contribution is 6.02. The van der Waals surface area contributed by atoms with Crippen molar-refractivity contribution in [1.82, 2.24) is 0 Å². The molecule has 70 valence electrons. The number of hydrogen-bond acceptors (Lipinski definition) is 2. The molecule has 0 saturated heterocycles. The molecule has 1 atom stereocenters. The van der Waals surface area contributed by atoms with Gasteiger partial charge in [0.25, 0.3) is 0 Å². The molecule has 0 heterocycles. The van der Waals surface area contributed by atoms with Gasteiger partial charge in [0.2, 0.25) is 5.70 Å². The normalized spacial score (nSPS) is 32.2. The van der Waals surface area contributed by atoms with Crippen molar-refractivity contribution in [3.63, 3.8) is 0 Å². The number of hydrogen-bond donors (Lipinski definition) is 1. The van der Waals surface area contributed by atoms with E-state index < -0.39 is 11.0 Å². The van der Waals surface area contributed by atoms with E-state index in [0.717, 1.165) is 0 Å². The Morgan fingerprint density at radius 3 is 2.54 bits per heavy atom. The van der Waals surface area contributed by atoms with Crippen molar-refractivity contribution in [2.24, 2.45) is 11.1 Å². The number of Topliss-reactive ketones (excluding diaryl/α,β-unsaturated/α-hetero) is 1. The topological polar surface area (TPSA) is 47.5 Å². The van der Waals surface area contributed by atoms with E-state index in [1.807, 2.05) is 20.8 Å². The van der Waals surface area contributed by atoms with E-state index in [1.165, 1.54) is 0 Å². The summed E-state index contributed by atoms with van der Waals surface area (Å²) in [5, 5.41) is 0. The first kappa shape index (κ1) is 9.94. The number of nitrogens with zero attached hydrogens (tertiary/aromatic N) is 1. The molecule has 0 aliphatic heterocycles. The summed E-state index contributed by atoms with van der Waals surface area (Å²) in [6, 6.07) is 0. The van der Waals surface area contributed by atoms with Crippen LogP contribution in [0.4, 0.5) is 0 Å². The van der Waals surface area contributed by atoms with Gasteiger partial charge in [-0.15, -0.1) is 0 Å². The summed E-state index contributed by atoms with van der Waals surface area (Å²) >= 11 is 0. The van der Waals surface area contributed by atoms with Gasteiger partial charge >= 0.3 is 0 Å². The van der Waals surface area contributed by atoms with Crippen LogP contribution in [0.15, 0.2) is 11.8 Å². The predicted molar refractivity (Wildman–Crippen MR) is 50.7 cm³/mol. The van der Waals surface area contributed by atoms with E-state index in [2.05, 4.69) is 4.85 Å². The van der Waals surface area contributed by atoms with Gasteiger partial charge < -0.3 is 10.5 Å². The average Bonchev–Trinajstić information content (AvgIpc) is 1.95. The van der Waals surface area contributed by atoms with Gasteiger partial charge in [-0.05, 0) is 13.3 Å². The molecule has 0 aromatic rings. The van der Waals surface area contributed by atoms with Crippen LogP contribution in [-0.2, 0) is 4.79 Å². The first-order valence-corrected chi connectivity index (χ1v) is 4.22. The molecule has 0 aromatic heterocycles. The van der Waals surface area contributed by atoms with Crippen LogP contribution < -0.4 is 5.73 Å². The van der Waals surface area contributed by atoms with E-state index in [4.69, 9.17) is 12.3 Å². The monoisotopic (exact) mass is 178 g/mol. The van der Waals surface area contributed by atoms with Crippen LogP contribution in [0.1, 0.15) is 27.2 Å². The number of carbonyl (C=O) groups excluding carboxylic acids is 1. The zero-order valence-corrected chi connectivity index (χ0v) is 8.22. The van der Waals surface area contributed by atoms with E-state index in [9.17, 15) is 4.79 Å². The Hall–Kier alpha value is -1.14. The Kier molecular flexibility index (Phi) is 2.05. The minimum absolute atomic E-state index is 0.0922. The largest absolute Gasteiger partial charge is 0.323 e. The fraction of sp³-hybridized carbons (Fsp3) is 0.600. The third-order valence-electron chi connectivity index (χ3n) is 2.26.